The van der Waals surface area contributed by atoms with Gasteiger partial charge in [-0.15, -0.1) is 0 Å². The fourth-order valence-electron chi connectivity index (χ4n) is 4.59. The van der Waals surface area contributed by atoms with Crippen LogP contribution in [0.1, 0.15) is 11.1 Å². The van der Waals surface area contributed by atoms with Crippen LogP contribution in [0.3, 0.4) is 0 Å². The Labute approximate surface area is 255 Å². The number of hydrogen-bond donors (Lipinski definition) is 0. The lowest BCUT2D eigenvalue weighted by molar-refractivity contribution is 1.42. The number of nitriles is 2. The van der Waals surface area contributed by atoms with Crippen molar-refractivity contribution in [2.75, 3.05) is 0 Å². The summed E-state index contributed by atoms with van der Waals surface area (Å²) in [5.41, 5.74) is 7.42. The molecule has 0 aliphatic heterocycles. The molecule has 0 bridgehead atoms. The van der Waals surface area contributed by atoms with Crippen LogP contribution in [0.4, 0.5) is 0 Å². The predicted molar refractivity (Wildman–Crippen MR) is 168 cm³/mol. The van der Waals surface area contributed by atoms with E-state index in [0.717, 1.165) is 62.4 Å². The first-order chi connectivity index (χ1) is 18.4. The highest BCUT2D eigenvalue weighted by Crippen LogP contribution is 2.49. The average Bonchev–Trinajstić information content (AvgIpc) is 2.93. The maximum atomic E-state index is 10.8. The molecular weight excluding hydrogens is 732 g/mol. The minimum atomic E-state index is 0.518. The smallest absolute Gasteiger partial charge is 0.100 e. The Balaban J connectivity index is 2.03. The van der Waals surface area contributed by atoms with Crippen LogP contribution in [0, 0.1) is 22.7 Å². The fraction of sp³-hybridized carbons (Fsp3) is 0. The molecular formula is C32H16Br4N2. The van der Waals surface area contributed by atoms with E-state index in [4.69, 9.17) is 0 Å². The van der Waals surface area contributed by atoms with E-state index in [1.807, 2.05) is 97.1 Å². The van der Waals surface area contributed by atoms with E-state index in [9.17, 15) is 10.5 Å². The summed E-state index contributed by atoms with van der Waals surface area (Å²) in [6, 6.07) is 36.5. The van der Waals surface area contributed by atoms with Gasteiger partial charge in [-0.1, -0.05) is 112 Å². The zero-order valence-corrected chi connectivity index (χ0v) is 26.0. The predicted octanol–water partition coefficient (Wildman–Crippen LogP) is 11.1. The van der Waals surface area contributed by atoms with Crippen LogP contribution >= 0.6 is 63.7 Å². The highest BCUT2D eigenvalue weighted by Gasteiger charge is 2.27. The number of benzene rings is 5. The van der Waals surface area contributed by atoms with Gasteiger partial charge in [0.15, 0.2) is 0 Å². The summed E-state index contributed by atoms with van der Waals surface area (Å²) in [7, 11) is 0. The largest absolute Gasteiger partial charge is 0.192 e. The lowest BCUT2D eigenvalue weighted by atomic mass is 9.78. The molecule has 5 aromatic carbocycles. The Kier molecular flexibility index (Phi) is 7.98. The zero-order valence-electron chi connectivity index (χ0n) is 19.6. The highest BCUT2D eigenvalue weighted by molar-refractivity contribution is 9.11. The Morgan fingerprint density at radius 2 is 0.526 bits per heavy atom. The van der Waals surface area contributed by atoms with Gasteiger partial charge in [0.1, 0.15) is 12.1 Å². The summed E-state index contributed by atoms with van der Waals surface area (Å²) in [6.45, 7) is 0. The van der Waals surface area contributed by atoms with E-state index in [1.54, 1.807) is 0 Å². The zero-order chi connectivity index (χ0) is 26.8. The molecule has 0 amide bonds. The van der Waals surface area contributed by atoms with Gasteiger partial charge in [-0.05, 0) is 70.8 Å². The Morgan fingerprint density at radius 1 is 0.342 bits per heavy atom. The molecule has 0 fully saturated rings. The molecule has 0 atom stereocenters. The molecule has 6 heteroatoms. The van der Waals surface area contributed by atoms with Crippen LogP contribution in [0.25, 0.3) is 44.5 Å². The van der Waals surface area contributed by atoms with Gasteiger partial charge in [0.25, 0.3) is 0 Å². The standard InChI is InChI=1S/C32H16Br4N2/c33-23-9-1-19(2-10-23)29-27(17-37)31(21-5-13-25(35)14-6-21)32(22-7-15-26(36)16-8-22)28(18-38)30(29)20-3-11-24(34)12-4-20/h1-16H. The summed E-state index contributed by atoms with van der Waals surface area (Å²) in [4.78, 5) is 0. The van der Waals surface area contributed by atoms with Crippen molar-refractivity contribution in [2.45, 2.75) is 0 Å². The topological polar surface area (TPSA) is 47.6 Å². The molecule has 0 saturated carbocycles. The van der Waals surface area contributed by atoms with Crippen molar-refractivity contribution in [3.8, 4) is 56.6 Å². The molecule has 0 spiro atoms. The van der Waals surface area contributed by atoms with Gasteiger partial charge in [-0.2, -0.15) is 10.5 Å². The van der Waals surface area contributed by atoms with Gasteiger partial charge in [-0.25, -0.2) is 0 Å². The monoisotopic (exact) mass is 744 g/mol. The van der Waals surface area contributed by atoms with E-state index in [1.165, 1.54) is 0 Å². The fourth-order valence-corrected chi connectivity index (χ4v) is 5.65. The molecule has 0 aliphatic rings. The molecule has 0 heterocycles. The second-order valence-corrected chi connectivity index (χ2v) is 12.2. The van der Waals surface area contributed by atoms with Crippen molar-refractivity contribution in [2.24, 2.45) is 0 Å². The summed E-state index contributed by atoms with van der Waals surface area (Å²) >= 11 is 14.1. The molecule has 0 unspecified atom stereocenters. The number of rotatable bonds is 4. The van der Waals surface area contributed by atoms with Gasteiger partial charge in [-0.3, -0.25) is 0 Å². The Bertz CT molecular complexity index is 1480. The first-order valence-corrected chi connectivity index (χ1v) is 14.7. The number of hydrogen-bond acceptors (Lipinski definition) is 2. The van der Waals surface area contributed by atoms with Gasteiger partial charge >= 0.3 is 0 Å². The van der Waals surface area contributed by atoms with E-state index in [2.05, 4.69) is 75.9 Å². The van der Waals surface area contributed by atoms with Crippen LogP contribution in [0.15, 0.2) is 115 Å². The third-order valence-electron chi connectivity index (χ3n) is 6.26. The van der Waals surface area contributed by atoms with Crippen molar-refractivity contribution in [3.63, 3.8) is 0 Å². The lowest BCUT2D eigenvalue weighted by Crippen LogP contribution is -2.02. The van der Waals surface area contributed by atoms with Crippen LogP contribution in [0.5, 0.6) is 0 Å². The summed E-state index contributed by atoms with van der Waals surface area (Å²) in [5.74, 6) is 0. The molecule has 0 aliphatic carbocycles. The minimum Gasteiger partial charge on any atom is -0.192 e. The second-order valence-electron chi connectivity index (χ2n) is 8.50. The molecule has 38 heavy (non-hydrogen) atoms. The number of halogens is 4. The summed E-state index contributed by atoms with van der Waals surface area (Å²) < 4.78 is 3.74. The molecule has 0 radical (unpaired) electrons. The van der Waals surface area contributed by atoms with Gasteiger partial charge in [0, 0.05) is 40.1 Å². The van der Waals surface area contributed by atoms with Crippen molar-refractivity contribution < 1.29 is 0 Å². The maximum absolute atomic E-state index is 10.8. The molecule has 5 rings (SSSR count). The lowest BCUT2D eigenvalue weighted by Gasteiger charge is -2.23. The summed E-state index contributed by atoms with van der Waals surface area (Å²) in [5, 5.41) is 21.5. The second kappa shape index (κ2) is 11.4. The Hall–Kier alpha value is -3.00. The molecule has 0 saturated heterocycles. The molecule has 5 aromatic rings. The van der Waals surface area contributed by atoms with Crippen molar-refractivity contribution >= 4 is 63.7 Å². The SMILES string of the molecule is N#Cc1c(-c2ccc(Br)cc2)c(-c2ccc(Br)cc2)c(C#N)c(-c2ccc(Br)cc2)c1-c1ccc(Br)cc1. The van der Waals surface area contributed by atoms with Gasteiger partial charge < -0.3 is 0 Å². The molecule has 182 valence electrons. The highest BCUT2D eigenvalue weighted by atomic mass is 79.9. The van der Waals surface area contributed by atoms with Crippen LogP contribution in [-0.2, 0) is 0 Å². The third-order valence-corrected chi connectivity index (χ3v) is 8.37. The summed E-state index contributed by atoms with van der Waals surface area (Å²) in [6.07, 6.45) is 0. The van der Waals surface area contributed by atoms with E-state index >= 15 is 0 Å². The first kappa shape index (κ1) is 26.6. The normalized spacial score (nSPS) is 10.6. The van der Waals surface area contributed by atoms with Crippen LogP contribution in [0.2, 0.25) is 0 Å². The quantitative estimate of drug-likeness (QED) is 0.184. The number of nitrogens with zero attached hydrogens (tertiary/aromatic N) is 2. The molecule has 2 nitrogen and oxygen atoms in total. The van der Waals surface area contributed by atoms with Crippen molar-refractivity contribution in [1.29, 1.82) is 10.5 Å². The van der Waals surface area contributed by atoms with Gasteiger partial charge in [0.05, 0.1) is 11.1 Å². The van der Waals surface area contributed by atoms with Gasteiger partial charge in [0.2, 0.25) is 0 Å². The maximum Gasteiger partial charge on any atom is 0.100 e. The van der Waals surface area contributed by atoms with E-state index in [0.29, 0.717) is 11.1 Å². The minimum absolute atomic E-state index is 0.518. The average molecular weight is 748 g/mol. The molecule has 0 aromatic heterocycles. The first-order valence-electron chi connectivity index (χ1n) is 11.5. The Morgan fingerprint density at radius 3 is 0.684 bits per heavy atom. The third kappa shape index (κ3) is 5.15. The molecule has 0 N–H and O–H groups in total. The van der Waals surface area contributed by atoms with Crippen LogP contribution in [-0.4, -0.2) is 0 Å². The van der Waals surface area contributed by atoms with E-state index < -0.39 is 0 Å². The van der Waals surface area contributed by atoms with Crippen LogP contribution < -0.4 is 0 Å². The van der Waals surface area contributed by atoms with Crippen molar-refractivity contribution in [3.05, 3.63) is 126 Å². The van der Waals surface area contributed by atoms with Crippen molar-refractivity contribution in [1.82, 2.24) is 0 Å². The van der Waals surface area contributed by atoms with E-state index in [-0.39, 0.29) is 0 Å².